The fourth-order valence-electron chi connectivity index (χ4n) is 2.08. The molecule has 5 nitrogen and oxygen atoms in total. The lowest BCUT2D eigenvalue weighted by Gasteiger charge is -2.20. The number of carbonyl (C=O) groups is 1. The van der Waals surface area contributed by atoms with E-state index in [2.05, 4.69) is 10.3 Å². The summed E-state index contributed by atoms with van der Waals surface area (Å²) in [6.07, 6.45) is 2.56. The van der Waals surface area contributed by atoms with Gasteiger partial charge in [-0.05, 0) is 12.5 Å². The Morgan fingerprint density at radius 3 is 2.63 bits per heavy atom. The molecule has 1 aromatic heterocycles. The first-order valence-corrected chi connectivity index (χ1v) is 6.12. The monoisotopic (exact) mass is 259 g/mol. The van der Waals surface area contributed by atoms with Gasteiger partial charge in [-0.15, -0.1) is 0 Å². The number of carbonyl (C=O) groups excluding carboxylic acids is 1. The van der Waals surface area contributed by atoms with Gasteiger partial charge >= 0.3 is 0 Å². The summed E-state index contributed by atoms with van der Waals surface area (Å²) in [5, 5.41) is 12.4. The average molecular weight is 259 g/mol. The zero-order chi connectivity index (χ0) is 13.8. The second-order valence-corrected chi connectivity index (χ2v) is 4.30. The Kier molecular flexibility index (Phi) is 3.97. The van der Waals surface area contributed by atoms with E-state index in [9.17, 15) is 9.90 Å². The molecule has 2 N–H and O–H groups in total. The minimum Gasteiger partial charge on any atom is -0.385 e. The highest BCUT2D eigenvalue weighted by molar-refractivity contribution is 5.83. The molecule has 0 aliphatic heterocycles. The molecule has 2 atom stereocenters. The first kappa shape index (κ1) is 13.3. The van der Waals surface area contributed by atoms with E-state index >= 15 is 0 Å². The third-order valence-electron chi connectivity index (χ3n) is 2.96. The Morgan fingerprint density at radius 2 is 2.05 bits per heavy atom. The summed E-state index contributed by atoms with van der Waals surface area (Å²) < 4.78 is 1.69. The second kappa shape index (κ2) is 5.67. The standard InChI is InChI=1S/C14H17N3O2/c1-10(18)13-16-8-9-17(13)12(14(19)15-2)11-6-4-3-5-7-11/h3-10,12,18H,1-2H3,(H,15,19). The van der Waals surface area contributed by atoms with Crippen LogP contribution in [0.4, 0.5) is 0 Å². The van der Waals surface area contributed by atoms with E-state index in [0.717, 1.165) is 5.56 Å². The van der Waals surface area contributed by atoms with E-state index in [1.165, 1.54) is 0 Å². The lowest BCUT2D eigenvalue weighted by Crippen LogP contribution is -2.31. The van der Waals surface area contributed by atoms with Crippen molar-refractivity contribution in [3.05, 3.63) is 54.1 Å². The Labute approximate surface area is 111 Å². The number of aromatic nitrogens is 2. The third kappa shape index (κ3) is 2.66. The molecule has 100 valence electrons. The maximum atomic E-state index is 12.1. The molecule has 0 aliphatic rings. The zero-order valence-electron chi connectivity index (χ0n) is 10.9. The number of hydrogen-bond acceptors (Lipinski definition) is 3. The Hall–Kier alpha value is -2.14. The van der Waals surface area contributed by atoms with Crippen molar-refractivity contribution in [3.63, 3.8) is 0 Å². The van der Waals surface area contributed by atoms with E-state index in [0.29, 0.717) is 5.82 Å². The third-order valence-corrected chi connectivity index (χ3v) is 2.96. The van der Waals surface area contributed by atoms with Crippen LogP contribution in [0.2, 0.25) is 0 Å². The van der Waals surface area contributed by atoms with Crippen LogP contribution >= 0.6 is 0 Å². The minimum absolute atomic E-state index is 0.147. The molecular weight excluding hydrogens is 242 g/mol. The summed E-state index contributed by atoms with van der Waals surface area (Å²) in [7, 11) is 1.59. The molecule has 2 unspecified atom stereocenters. The molecule has 0 aliphatic carbocycles. The van der Waals surface area contributed by atoms with E-state index in [1.807, 2.05) is 30.3 Å². The molecular formula is C14H17N3O2. The van der Waals surface area contributed by atoms with Crippen molar-refractivity contribution in [2.75, 3.05) is 7.05 Å². The molecule has 1 aromatic carbocycles. The van der Waals surface area contributed by atoms with Crippen LogP contribution in [-0.2, 0) is 4.79 Å². The number of nitrogens with zero attached hydrogens (tertiary/aromatic N) is 2. The fourth-order valence-corrected chi connectivity index (χ4v) is 2.08. The molecule has 0 saturated heterocycles. The molecule has 2 rings (SSSR count). The molecule has 0 saturated carbocycles. The first-order chi connectivity index (χ1) is 9.15. The van der Waals surface area contributed by atoms with Crippen LogP contribution in [0.5, 0.6) is 0 Å². The molecule has 0 bridgehead atoms. The number of aliphatic hydroxyl groups is 1. The van der Waals surface area contributed by atoms with Gasteiger partial charge in [0.05, 0.1) is 0 Å². The molecule has 5 heteroatoms. The highest BCUT2D eigenvalue weighted by Crippen LogP contribution is 2.22. The SMILES string of the molecule is CNC(=O)C(c1ccccc1)n1ccnc1C(C)O. The number of aliphatic hydroxyl groups excluding tert-OH is 1. The van der Waals surface area contributed by atoms with Crippen LogP contribution in [-0.4, -0.2) is 27.6 Å². The van der Waals surface area contributed by atoms with E-state index < -0.39 is 12.1 Å². The van der Waals surface area contributed by atoms with Crippen molar-refractivity contribution >= 4 is 5.91 Å². The number of rotatable bonds is 4. The van der Waals surface area contributed by atoms with Gasteiger partial charge in [0, 0.05) is 19.4 Å². The van der Waals surface area contributed by atoms with Crippen molar-refractivity contribution in [1.29, 1.82) is 0 Å². The first-order valence-electron chi connectivity index (χ1n) is 6.12. The van der Waals surface area contributed by atoms with Crippen molar-refractivity contribution in [3.8, 4) is 0 Å². The summed E-state index contributed by atoms with van der Waals surface area (Å²) in [5.74, 6) is 0.323. The molecule has 0 spiro atoms. The van der Waals surface area contributed by atoms with Crippen LogP contribution < -0.4 is 5.32 Å². The lowest BCUT2D eigenvalue weighted by atomic mass is 10.1. The summed E-state index contributed by atoms with van der Waals surface area (Å²) in [4.78, 5) is 16.3. The predicted molar refractivity (Wildman–Crippen MR) is 71.5 cm³/mol. The maximum Gasteiger partial charge on any atom is 0.247 e. The van der Waals surface area contributed by atoms with Crippen molar-refractivity contribution < 1.29 is 9.90 Å². The Bertz CT molecular complexity index is 549. The van der Waals surface area contributed by atoms with Crippen molar-refractivity contribution in [1.82, 2.24) is 14.9 Å². The highest BCUT2D eigenvalue weighted by Gasteiger charge is 2.24. The van der Waals surface area contributed by atoms with Crippen LogP contribution in [0.25, 0.3) is 0 Å². The van der Waals surface area contributed by atoms with Crippen molar-refractivity contribution in [2.24, 2.45) is 0 Å². The number of nitrogens with one attached hydrogen (secondary N) is 1. The van der Waals surface area contributed by atoms with Gasteiger partial charge in [0.15, 0.2) is 0 Å². The molecule has 1 amide bonds. The molecule has 2 aromatic rings. The number of imidazole rings is 1. The van der Waals surface area contributed by atoms with Gasteiger partial charge in [0.1, 0.15) is 18.0 Å². The lowest BCUT2D eigenvalue weighted by molar-refractivity contribution is -0.122. The van der Waals surface area contributed by atoms with Gasteiger partial charge < -0.3 is 15.0 Å². The van der Waals surface area contributed by atoms with Crippen molar-refractivity contribution in [2.45, 2.75) is 19.1 Å². The van der Waals surface area contributed by atoms with Gasteiger partial charge in [0.25, 0.3) is 0 Å². The molecule has 0 fully saturated rings. The van der Waals surface area contributed by atoms with Gasteiger partial charge in [-0.2, -0.15) is 0 Å². The van der Waals surface area contributed by atoms with Crippen LogP contribution in [0.3, 0.4) is 0 Å². The number of hydrogen-bond donors (Lipinski definition) is 2. The zero-order valence-corrected chi connectivity index (χ0v) is 10.9. The summed E-state index contributed by atoms with van der Waals surface area (Å²) >= 11 is 0. The largest absolute Gasteiger partial charge is 0.385 e. The average Bonchev–Trinajstić information content (AvgIpc) is 2.89. The predicted octanol–water partition coefficient (Wildman–Crippen LogP) is 1.27. The fraction of sp³-hybridized carbons (Fsp3) is 0.286. The van der Waals surface area contributed by atoms with Crippen LogP contribution in [0.1, 0.15) is 30.5 Å². The summed E-state index contributed by atoms with van der Waals surface area (Å²) in [6.45, 7) is 1.63. The van der Waals surface area contributed by atoms with E-state index in [-0.39, 0.29) is 5.91 Å². The summed E-state index contributed by atoms with van der Waals surface area (Å²) in [6, 6.07) is 8.89. The quantitative estimate of drug-likeness (QED) is 0.869. The summed E-state index contributed by atoms with van der Waals surface area (Å²) in [5.41, 5.74) is 0.849. The van der Waals surface area contributed by atoms with Gasteiger partial charge in [-0.1, -0.05) is 30.3 Å². The smallest absolute Gasteiger partial charge is 0.247 e. The minimum atomic E-state index is -0.731. The van der Waals surface area contributed by atoms with Crippen LogP contribution in [0, 0.1) is 0 Å². The molecule has 19 heavy (non-hydrogen) atoms. The number of amides is 1. The Balaban J connectivity index is 2.50. The van der Waals surface area contributed by atoms with Gasteiger partial charge in [0.2, 0.25) is 5.91 Å². The van der Waals surface area contributed by atoms with Crippen LogP contribution in [0.15, 0.2) is 42.7 Å². The van der Waals surface area contributed by atoms with Gasteiger partial charge in [-0.25, -0.2) is 4.98 Å². The highest BCUT2D eigenvalue weighted by atomic mass is 16.3. The molecule has 1 heterocycles. The Morgan fingerprint density at radius 1 is 1.37 bits per heavy atom. The molecule has 0 radical (unpaired) electrons. The number of likely N-dealkylation sites (N-methyl/N-ethyl adjacent to an activating group) is 1. The van der Waals surface area contributed by atoms with E-state index in [1.54, 1.807) is 30.9 Å². The maximum absolute atomic E-state index is 12.1. The van der Waals surface area contributed by atoms with E-state index in [4.69, 9.17) is 0 Å². The second-order valence-electron chi connectivity index (χ2n) is 4.30. The topological polar surface area (TPSA) is 67.2 Å². The van der Waals surface area contributed by atoms with Gasteiger partial charge in [-0.3, -0.25) is 4.79 Å². The normalized spacial score (nSPS) is 13.8. The number of benzene rings is 1.